The highest BCUT2D eigenvalue weighted by Gasteiger charge is 2.37. The third-order valence-corrected chi connectivity index (χ3v) is 3.97. The minimum atomic E-state index is -0.930. The van der Waals surface area contributed by atoms with Gasteiger partial charge in [0.1, 0.15) is 30.8 Å². The second kappa shape index (κ2) is 10.9. The smallest absolute Gasteiger partial charge is 0.335 e. The highest BCUT2D eigenvalue weighted by atomic mass is 16.7. The highest BCUT2D eigenvalue weighted by molar-refractivity contribution is 5.74. The molecule has 0 bridgehead atoms. The summed E-state index contributed by atoms with van der Waals surface area (Å²) < 4.78 is 31.6. The van der Waals surface area contributed by atoms with Gasteiger partial charge < -0.3 is 28.4 Å². The van der Waals surface area contributed by atoms with E-state index in [9.17, 15) is 14.4 Å². The van der Waals surface area contributed by atoms with Crippen molar-refractivity contribution in [2.45, 2.75) is 44.9 Å². The summed E-state index contributed by atoms with van der Waals surface area (Å²) in [6.45, 7) is 1.63. The van der Waals surface area contributed by atoms with Crippen molar-refractivity contribution in [3.05, 3.63) is 23.8 Å². The van der Waals surface area contributed by atoms with E-state index in [1.807, 2.05) is 0 Å². The highest BCUT2D eigenvalue weighted by Crippen LogP contribution is 2.30. The van der Waals surface area contributed by atoms with Gasteiger partial charge in [-0.25, -0.2) is 4.79 Å². The zero-order valence-electron chi connectivity index (χ0n) is 16.1. The summed E-state index contributed by atoms with van der Waals surface area (Å²) in [5, 5.41) is 0. The molecule has 156 valence electrons. The van der Waals surface area contributed by atoms with Gasteiger partial charge in [0.05, 0.1) is 7.11 Å². The van der Waals surface area contributed by atoms with Crippen LogP contribution in [0.4, 0.5) is 0 Å². The Labute approximate surface area is 168 Å². The SMILES string of the molecule is C#CCOc1cc(OC2CC(OC(C)=O)CC(C(=O)OC)O2)ccc1COC=O. The van der Waals surface area contributed by atoms with Crippen molar-refractivity contribution < 1.29 is 42.8 Å². The number of hydrogen-bond donors (Lipinski definition) is 0. The molecule has 2 rings (SSSR count). The van der Waals surface area contributed by atoms with Gasteiger partial charge in [-0.2, -0.15) is 0 Å². The molecule has 0 aromatic heterocycles. The Balaban J connectivity index is 2.16. The maximum atomic E-state index is 11.9. The number of ether oxygens (including phenoxy) is 6. The molecule has 1 aliphatic rings. The van der Waals surface area contributed by atoms with Crippen molar-refractivity contribution in [3.63, 3.8) is 0 Å². The molecule has 9 heteroatoms. The molecule has 9 nitrogen and oxygen atoms in total. The number of benzene rings is 1. The summed E-state index contributed by atoms with van der Waals surface area (Å²) in [6.07, 6.45) is 3.27. The number of carbonyl (C=O) groups is 3. The fourth-order valence-electron chi connectivity index (χ4n) is 2.79. The van der Waals surface area contributed by atoms with Crippen LogP contribution in [0.25, 0.3) is 0 Å². The van der Waals surface area contributed by atoms with Crippen LogP contribution in [0.3, 0.4) is 0 Å². The summed E-state index contributed by atoms with van der Waals surface area (Å²) in [7, 11) is 1.24. The predicted molar refractivity (Wildman–Crippen MR) is 97.7 cm³/mol. The standard InChI is InChI=1S/C20H22O9/c1-4-7-26-17-8-15(6-5-14(17)11-25-12-21)28-19-10-16(27-13(2)22)9-18(29-19)20(23)24-3/h1,5-6,8,12,16,18-19H,7,9-11H2,2-3H3. The molecule has 3 atom stereocenters. The van der Waals surface area contributed by atoms with Crippen molar-refractivity contribution in [1.82, 2.24) is 0 Å². The average Bonchev–Trinajstić information content (AvgIpc) is 2.70. The molecule has 1 heterocycles. The van der Waals surface area contributed by atoms with E-state index in [-0.39, 0.29) is 26.1 Å². The zero-order chi connectivity index (χ0) is 21.2. The summed E-state index contributed by atoms with van der Waals surface area (Å²) >= 11 is 0. The van der Waals surface area contributed by atoms with E-state index in [4.69, 9.17) is 34.8 Å². The third kappa shape index (κ3) is 6.69. The van der Waals surface area contributed by atoms with Crippen LogP contribution in [0.5, 0.6) is 11.5 Å². The Hall–Kier alpha value is -3.25. The molecule has 29 heavy (non-hydrogen) atoms. The Morgan fingerprint density at radius 2 is 2.14 bits per heavy atom. The Kier molecular flexibility index (Phi) is 8.30. The first-order valence-electron chi connectivity index (χ1n) is 8.78. The first-order chi connectivity index (χ1) is 14.0. The van der Waals surface area contributed by atoms with Crippen LogP contribution in [-0.2, 0) is 39.9 Å². The van der Waals surface area contributed by atoms with Gasteiger partial charge in [0.25, 0.3) is 6.47 Å². The molecule has 1 aliphatic heterocycles. The molecule has 0 spiro atoms. The van der Waals surface area contributed by atoms with Gasteiger partial charge in [-0.1, -0.05) is 5.92 Å². The van der Waals surface area contributed by atoms with E-state index < -0.39 is 30.4 Å². The monoisotopic (exact) mass is 406 g/mol. The third-order valence-electron chi connectivity index (χ3n) is 3.97. The van der Waals surface area contributed by atoms with E-state index in [1.165, 1.54) is 14.0 Å². The second-order valence-electron chi connectivity index (χ2n) is 6.07. The molecule has 0 radical (unpaired) electrons. The molecular weight excluding hydrogens is 384 g/mol. The molecule has 1 aromatic rings. The fraction of sp³-hybridized carbons (Fsp3) is 0.450. The quantitative estimate of drug-likeness (QED) is 0.260. The number of methoxy groups -OCH3 is 1. The summed E-state index contributed by atoms with van der Waals surface area (Å²) in [4.78, 5) is 33.6. The lowest BCUT2D eigenvalue weighted by molar-refractivity contribution is -0.204. The lowest BCUT2D eigenvalue weighted by atomic mass is 10.0. The van der Waals surface area contributed by atoms with Crippen molar-refractivity contribution >= 4 is 18.4 Å². The lowest BCUT2D eigenvalue weighted by Gasteiger charge is -2.33. The van der Waals surface area contributed by atoms with Gasteiger partial charge in [0.2, 0.25) is 6.29 Å². The molecule has 0 aliphatic carbocycles. The van der Waals surface area contributed by atoms with Crippen molar-refractivity contribution in [2.24, 2.45) is 0 Å². The van der Waals surface area contributed by atoms with E-state index in [0.29, 0.717) is 23.5 Å². The van der Waals surface area contributed by atoms with Crippen LogP contribution in [0.15, 0.2) is 18.2 Å². The maximum Gasteiger partial charge on any atom is 0.335 e. The molecule has 1 saturated heterocycles. The van der Waals surface area contributed by atoms with Crippen LogP contribution < -0.4 is 9.47 Å². The van der Waals surface area contributed by atoms with Crippen molar-refractivity contribution in [3.8, 4) is 23.8 Å². The van der Waals surface area contributed by atoms with Crippen LogP contribution in [0, 0.1) is 12.3 Å². The minimum Gasteiger partial charge on any atom is -0.480 e. The number of rotatable bonds is 9. The molecule has 0 saturated carbocycles. The average molecular weight is 406 g/mol. The van der Waals surface area contributed by atoms with E-state index in [1.54, 1.807) is 18.2 Å². The van der Waals surface area contributed by atoms with E-state index >= 15 is 0 Å². The Morgan fingerprint density at radius 1 is 1.34 bits per heavy atom. The Bertz CT molecular complexity index is 768. The van der Waals surface area contributed by atoms with Gasteiger partial charge in [0, 0.05) is 31.4 Å². The number of carbonyl (C=O) groups excluding carboxylic acids is 3. The van der Waals surface area contributed by atoms with Crippen LogP contribution in [0.1, 0.15) is 25.3 Å². The van der Waals surface area contributed by atoms with E-state index in [0.717, 1.165) is 0 Å². The topological polar surface area (TPSA) is 107 Å². The van der Waals surface area contributed by atoms with E-state index in [2.05, 4.69) is 5.92 Å². The van der Waals surface area contributed by atoms with Gasteiger partial charge in [-0.3, -0.25) is 9.59 Å². The number of hydrogen-bond acceptors (Lipinski definition) is 9. The lowest BCUT2D eigenvalue weighted by Crippen LogP contribution is -2.44. The summed E-state index contributed by atoms with van der Waals surface area (Å²) in [5.41, 5.74) is 0.592. The number of terminal acetylenes is 1. The van der Waals surface area contributed by atoms with Crippen molar-refractivity contribution in [2.75, 3.05) is 13.7 Å². The maximum absolute atomic E-state index is 11.9. The predicted octanol–water partition coefficient (Wildman–Crippen LogP) is 1.36. The first-order valence-corrected chi connectivity index (χ1v) is 8.78. The molecule has 3 unspecified atom stereocenters. The van der Waals surface area contributed by atoms with Gasteiger partial charge in [0.15, 0.2) is 6.10 Å². The van der Waals surface area contributed by atoms with Gasteiger partial charge in [-0.05, 0) is 12.1 Å². The molecule has 0 N–H and O–H groups in total. The molecule has 1 fully saturated rings. The molecule has 0 amide bonds. The fourth-order valence-corrected chi connectivity index (χ4v) is 2.79. The van der Waals surface area contributed by atoms with Gasteiger partial charge in [-0.15, -0.1) is 6.42 Å². The zero-order valence-corrected chi connectivity index (χ0v) is 16.1. The number of esters is 2. The summed E-state index contributed by atoms with van der Waals surface area (Å²) in [6, 6.07) is 4.83. The summed E-state index contributed by atoms with van der Waals surface area (Å²) in [5.74, 6) is 2.03. The first kappa shape index (κ1) is 22.0. The van der Waals surface area contributed by atoms with Crippen LogP contribution >= 0.6 is 0 Å². The van der Waals surface area contributed by atoms with Crippen molar-refractivity contribution in [1.29, 1.82) is 0 Å². The van der Waals surface area contributed by atoms with Crippen LogP contribution in [0.2, 0.25) is 0 Å². The largest absolute Gasteiger partial charge is 0.480 e. The molecular formula is C20H22O9. The Morgan fingerprint density at radius 3 is 2.79 bits per heavy atom. The van der Waals surface area contributed by atoms with Gasteiger partial charge >= 0.3 is 11.9 Å². The normalized spacial score (nSPS) is 20.7. The van der Waals surface area contributed by atoms with Crippen LogP contribution in [-0.4, -0.2) is 50.6 Å². The molecule has 1 aromatic carbocycles. The second-order valence-corrected chi connectivity index (χ2v) is 6.07. The minimum absolute atomic E-state index is 0.00253.